The van der Waals surface area contributed by atoms with Gasteiger partial charge in [-0.15, -0.1) is 0 Å². The first-order chi connectivity index (χ1) is 51.6. The molecule has 18 aromatic rings. The predicted molar refractivity (Wildman–Crippen MR) is 449 cm³/mol. The fourth-order valence-corrected chi connectivity index (χ4v) is 19.7. The van der Waals surface area contributed by atoms with Gasteiger partial charge in [0.1, 0.15) is 0 Å². The Morgan fingerprint density at radius 2 is 0.500 bits per heavy atom. The van der Waals surface area contributed by atoms with E-state index in [2.05, 4.69) is 392 Å². The van der Waals surface area contributed by atoms with Gasteiger partial charge >= 0.3 is 0 Å². The lowest BCUT2D eigenvalue weighted by atomic mass is 9.72. The van der Waals surface area contributed by atoms with Crippen LogP contribution in [0.3, 0.4) is 0 Å². The molecule has 0 N–H and O–H groups in total. The topological polar surface area (TPSA) is 9.86 Å². The van der Waals surface area contributed by atoms with Gasteiger partial charge in [-0.05, 0) is 240 Å². The Kier molecular flexibility index (Phi) is 13.3. The average molecular weight is 1360 g/mol. The highest BCUT2D eigenvalue weighted by atomic mass is 15.0. The molecule has 0 amide bonds. The molecule has 0 aliphatic heterocycles. The summed E-state index contributed by atoms with van der Waals surface area (Å²) in [6, 6.07) is 123. The van der Waals surface area contributed by atoms with Crippen LogP contribution in [-0.4, -0.2) is 9.13 Å². The summed E-state index contributed by atoms with van der Waals surface area (Å²) in [6.45, 7) is 19.3. The van der Waals surface area contributed by atoms with E-state index < -0.39 is 0 Å². The van der Waals surface area contributed by atoms with Gasteiger partial charge in [-0.3, -0.25) is 0 Å². The third-order valence-electron chi connectivity index (χ3n) is 25.1. The van der Waals surface area contributed by atoms with Crippen LogP contribution in [0, 0.1) is 0 Å². The molecule has 0 saturated carbocycles. The van der Waals surface area contributed by atoms with Crippen LogP contribution in [0.1, 0.15) is 99.9 Å². The number of benzene rings is 16. The number of nitrogens with zero attached hydrogens (tertiary/aromatic N) is 2. The Hall–Kier alpha value is -12.4. The maximum absolute atomic E-state index is 2.54. The second kappa shape index (κ2) is 22.6. The van der Waals surface area contributed by atoms with Crippen molar-refractivity contribution in [1.29, 1.82) is 0 Å². The van der Waals surface area contributed by atoms with E-state index in [9.17, 15) is 0 Å². The SMILES string of the molecule is CC1(C)c2ccccc2-c2cc3c(cc21)C(C)(C)c1cc(-c2cc(-n4c5ccccc5c5ccccc54)cc(-n4c5ccccc5c5ccccc54)c2)ccc1-3.CC1(C)c2ccccc2-c2ccc3c(c21)C(C)(C)c1cc(-c2cccc(-c4ccc5cc(-c6ccc7ccccc7c6)ccc5c4)c2)ccc1-3. The Morgan fingerprint density at radius 1 is 0.179 bits per heavy atom. The van der Waals surface area contributed by atoms with Gasteiger partial charge in [-0.1, -0.05) is 298 Å². The lowest BCUT2D eigenvalue weighted by Crippen LogP contribution is -2.24. The zero-order chi connectivity index (χ0) is 71.3. The van der Waals surface area contributed by atoms with Gasteiger partial charge in [-0.2, -0.15) is 0 Å². The van der Waals surface area contributed by atoms with Gasteiger partial charge in [-0.25, -0.2) is 0 Å². The van der Waals surface area contributed by atoms with E-state index in [1.54, 1.807) is 0 Å². The summed E-state index contributed by atoms with van der Waals surface area (Å²) >= 11 is 0. The van der Waals surface area contributed by atoms with Crippen LogP contribution in [0.5, 0.6) is 0 Å². The molecular weight excluding hydrogens is 1280 g/mol. The summed E-state index contributed by atoms with van der Waals surface area (Å²) in [5, 5.41) is 10.1. The van der Waals surface area contributed by atoms with Crippen LogP contribution in [0.15, 0.2) is 328 Å². The molecule has 0 spiro atoms. The van der Waals surface area contributed by atoms with Crippen LogP contribution in [-0.2, 0) is 21.7 Å². The van der Waals surface area contributed by atoms with Crippen molar-refractivity contribution in [2.24, 2.45) is 0 Å². The zero-order valence-corrected chi connectivity index (χ0v) is 61.1. The molecule has 22 rings (SSSR count). The van der Waals surface area contributed by atoms with Crippen LogP contribution >= 0.6 is 0 Å². The Balaban J connectivity index is 0.000000137. The van der Waals surface area contributed by atoms with Crippen molar-refractivity contribution in [3.8, 4) is 100 Å². The second-order valence-electron chi connectivity index (χ2n) is 32.4. The van der Waals surface area contributed by atoms with Gasteiger partial charge in [0.05, 0.1) is 22.1 Å². The number of rotatable bonds is 6. The first-order valence-electron chi connectivity index (χ1n) is 37.7. The number of fused-ring (bicyclic) bond motifs is 21. The lowest BCUT2D eigenvalue weighted by molar-refractivity contribution is 0.601. The highest BCUT2D eigenvalue weighted by molar-refractivity contribution is 6.11. The third-order valence-corrected chi connectivity index (χ3v) is 25.1. The van der Waals surface area contributed by atoms with Crippen molar-refractivity contribution in [2.75, 3.05) is 0 Å². The molecule has 0 radical (unpaired) electrons. The molecular formula is C104H78N2. The number of hydrogen-bond donors (Lipinski definition) is 0. The minimum atomic E-state index is -0.152. The van der Waals surface area contributed by atoms with Crippen LogP contribution in [0.2, 0.25) is 0 Å². The molecule has 2 aromatic heterocycles. The van der Waals surface area contributed by atoms with Crippen molar-refractivity contribution >= 4 is 65.2 Å². The van der Waals surface area contributed by atoms with Crippen molar-refractivity contribution in [3.05, 3.63) is 372 Å². The molecule has 0 unspecified atom stereocenters. The van der Waals surface area contributed by atoms with E-state index in [0.717, 1.165) is 11.4 Å². The van der Waals surface area contributed by atoms with Gasteiger partial charge in [0.15, 0.2) is 0 Å². The molecule has 2 heterocycles. The largest absolute Gasteiger partial charge is 0.309 e. The first kappa shape index (κ1) is 62.2. The Morgan fingerprint density at radius 3 is 1.01 bits per heavy atom. The smallest absolute Gasteiger partial charge is 0.0541 e. The monoisotopic (exact) mass is 1350 g/mol. The lowest BCUT2D eigenvalue weighted by Gasteiger charge is -2.30. The molecule has 0 bridgehead atoms. The summed E-state index contributed by atoms with van der Waals surface area (Å²) in [5.41, 5.74) is 39.3. The molecule has 2 heteroatoms. The van der Waals surface area contributed by atoms with E-state index in [0.29, 0.717) is 0 Å². The van der Waals surface area contributed by atoms with Gasteiger partial charge in [0.2, 0.25) is 0 Å². The predicted octanol–water partition coefficient (Wildman–Crippen LogP) is 27.8. The highest BCUT2D eigenvalue weighted by Crippen LogP contribution is 2.61. The molecule has 0 fully saturated rings. The fourth-order valence-electron chi connectivity index (χ4n) is 19.7. The summed E-state index contributed by atoms with van der Waals surface area (Å²) < 4.78 is 4.92. The van der Waals surface area contributed by atoms with Gasteiger partial charge in [0, 0.05) is 54.6 Å². The summed E-state index contributed by atoms with van der Waals surface area (Å²) in [4.78, 5) is 0. The minimum absolute atomic E-state index is 0.0343. The van der Waals surface area contributed by atoms with Gasteiger partial charge in [0.25, 0.3) is 0 Å². The van der Waals surface area contributed by atoms with Crippen molar-refractivity contribution in [3.63, 3.8) is 0 Å². The molecule has 0 saturated heterocycles. The summed E-state index contributed by atoms with van der Waals surface area (Å²) in [6.07, 6.45) is 0. The van der Waals surface area contributed by atoms with E-state index in [1.807, 2.05) is 0 Å². The maximum atomic E-state index is 2.54. The number of aromatic nitrogens is 2. The highest BCUT2D eigenvalue weighted by Gasteiger charge is 2.46. The van der Waals surface area contributed by atoms with E-state index >= 15 is 0 Å². The Bertz CT molecular complexity index is 6590. The third kappa shape index (κ3) is 9.04. The normalized spacial score (nSPS) is 14.7. The van der Waals surface area contributed by atoms with Crippen molar-refractivity contribution < 1.29 is 0 Å². The standard InChI is InChI=1S/C54H40N2.C50H38/c1-53(2)45-20-10-5-15-37(45)43-31-44-38-26-25-33(29-46(38)54(3,4)48(44)32-47(43)53)34-27-35(55-49-21-11-6-16-39(49)40-17-7-12-22-50(40)55)30-36(28-34)56-51-23-13-8-18-41(51)42-19-9-14-24-52(42)56;1-49(2)45-15-8-7-14-41(45)43-24-25-44-42-23-22-40(30-46(42)50(3,4)48(44)47(43)49)34-13-9-12-33(27-34)35-18-19-39-29-38(21-20-37(39)28-35)36-17-16-31-10-5-6-11-32(31)26-36/h5-32H,1-4H3;5-30H,1-4H3. The molecule has 16 aromatic carbocycles. The molecule has 2 nitrogen and oxygen atoms in total. The summed E-state index contributed by atoms with van der Waals surface area (Å²) in [7, 11) is 0. The zero-order valence-electron chi connectivity index (χ0n) is 61.1. The quantitative estimate of drug-likeness (QED) is 0.157. The first-order valence-corrected chi connectivity index (χ1v) is 37.7. The molecule has 4 aliphatic rings. The fraction of sp³-hybridized carbons (Fsp3) is 0.115. The van der Waals surface area contributed by atoms with Crippen molar-refractivity contribution in [2.45, 2.75) is 77.0 Å². The van der Waals surface area contributed by atoms with E-state index in [1.165, 1.54) is 199 Å². The van der Waals surface area contributed by atoms with E-state index in [4.69, 9.17) is 0 Å². The number of hydrogen-bond acceptors (Lipinski definition) is 0. The van der Waals surface area contributed by atoms with Crippen LogP contribution < -0.4 is 0 Å². The summed E-state index contributed by atoms with van der Waals surface area (Å²) in [5.74, 6) is 0. The molecule has 106 heavy (non-hydrogen) atoms. The molecule has 0 atom stereocenters. The van der Waals surface area contributed by atoms with Crippen LogP contribution in [0.4, 0.5) is 0 Å². The van der Waals surface area contributed by atoms with Gasteiger partial charge < -0.3 is 9.13 Å². The average Bonchev–Trinajstić information content (AvgIpc) is 1.48. The second-order valence-corrected chi connectivity index (χ2v) is 32.4. The Labute approximate surface area is 619 Å². The van der Waals surface area contributed by atoms with Crippen molar-refractivity contribution in [1.82, 2.24) is 9.13 Å². The molecule has 4 aliphatic carbocycles. The van der Waals surface area contributed by atoms with Crippen LogP contribution in [0.25, 0.3) is 166 Å². The maximum Gasteiger partial charge on any atom is 0.0541 e. The minimum Gasteiger partial charge on any atom is -0.309 e. The number of para-hydroxylation sites is 4. The van der Waals surface area contributed by atoms with E-state index in [-0.39, 0.29) is 21.7 Å². The molecule has 504 valence electrons.